The van der Waals surface area contributed by atoms with Crippen molar-refractivity contribution in [1.29, 1.82) is 0 Å². The Hall–Kier alpha value is -3.09. The van der Waals surface area contributed by atoms with Crippen LogP contribution in [0.5, 0.6) is 17.2 Å². The van der Waals surface area contributed by atoms with Crippen molar-refractivity contribution in [2.45, 2.75) is 26.2 Å². The fourth-order valence-electron chi connectivity index (χ4n) is 2.65. The van der Waals surface area contributed by atoms with Crippen LogP contribution < -0.4 is 14.0 Å². The van der Waals surface area contributed by atoms with Crippen LogP contribution in [0.15, 0.2) is 66.7 Å². The third kappa shape index (κ3) is 6.21. The minimum atomic E-state index is -1.25. The standard InChI is InChI=1S/C22H20BF3O3/c1-2-3-4-16-15-19(26)9-14-22(16)29-23(27-20-10-5-17(24)6-11-20)28-21-12-7-18(25)8-13-21/h5-15H,2-4H2,1H3. The molecule has 29 heavy (non-hydrogen) atoms. The number of hydrogen-bond donors (Lipinski definition) is 0. The first-order chi connectivity index (χ1) is 14.0. The zero-order valence-electron chi connectivity index (χ0n) is 15.9. The zero-order chi connectivity index (χ0) is 20.6. The highest BCUT2D eigenvalue weighted by Gasteiger charge is 2.31. The number of unbranched alkanes of at least 4 members (excludes halogenated alkanes) is 1. The third-order valence-electron chi connectivity index (χ3n) is 4.14. The molecule has 0 aromatic heterocycles. The summed E-state index contributed by atoms with van der Waals surface area (Å²) in [5, 5.41) is 0. The molecule has 0 saturated heterocycles. The lowest BCUT2D eigenvalue weighted by atomic mass is 10.1. The fourth-order valence-corrected chi connectivity index (χ4v) is 2.65. The van der Waals surface area contributed by atoms with Crippen molar-refractivity contribution in [3.05, 3.63) is 89.7 Å². The molecule has 0 aliphatic carbocycles. The highest BCUT2D eigenvalue weighted by molar-refractivity contribution is 6.39. The van der Waals surface area contributed by atoms with Gasteiger partial charge in [-0.25, -0.2) is 13.2 Å². The van der Waals surface area contributed by atoms with Crippen LogP contribution in [0.25, 0.3) is 0 Å². The summed E-state index contributed by atoms with van der Waals surface area (Å²) in [4.78, 5) is 0. The van der Waals surface area contributed by atoms with Gasteiger partial charge in [-0.1, -0.05) is 13.3 Å². The molecule has 7 heteroatoms. The lowest BCUT2D eigenvalue weighted by Gasteiger charge is -2.18. The molecule has 3 aromatic carbocycles. The molecule has 3 nitrogen and oxygen atoms in total. The molecule has 0 radical (unpaired) electrons. The van der Waals surface area contributed by atoms with E-state index in [-0.39, 0.29) is 5.82 Å². The fraction of sp³-hybridized carbons (Fsp3) is 0.182. The molecule has 0 aliphatic heterocycles. The van der Waals surface area contributed by atoms with E-state index in [9.17, 15) is 13.2 Å². The summed E-state index contributed by atoms with van der Waals surface area (Å²) >= 11 is 0. The first-order valence-corrected chi connectivity index (χ1v) is 9.33. The van der Waals surface area contributed by atoms with Gasteiger partial charge in [-0.05, 0) is 85.1 Å². The van der Waals surface area contributed by atoms with E-state index < -0.39 is 19.0 Å². The smallest absolute Gasteiger partial charge is 0.490 e. The van der Waals surface area contributed by atoms with Gasteiger partial charge >= 0.3 is 7.32 Å². The van der Waals surface area contributed by atoms with Gasteiger partial charge in [-0.15, -0.1) is 0 Å². The minimum Gasteiger partial charge on any atom is -0.490 e. The Labute approximate surface area is 168 Å². The summed E-state index contributed by atoms with van der Waals surface area (Å²) in [5.74, 6) is -0.135. The van der Waals surface area contributed by atoms with Crippen LogP contribution >= 0.6 is 0 Å². The summed E-state index contributed by atoms with van der Waals surface area (Å²) < 4.78 is 57.3. The van der Waals surface area contributed by atoms with Gasteiger partial charge in [0.1, 0.15) is 34.7 Å². The second-order valence-electron chi connectivity index (χ2n) is 6.41. The average Bonchev–Trinajstić information content (AvgIpc) is 2.71. The molecule has 150 valence electrons. The van der Waals surface area contributed by atoms with E-state index in [0.29, 0.717) is 29.2 Å². The van der Waals surface area contributed by atoms with Gasteiger partial charge in [0.05, 0.1) is 0 Å². The molecule has 0 aliphatic rings. The maximum Gasteiger partial charge on any atom is 0.864 e. The molecule has 0 saturated carbocycles. The predicted octanol–water partition coefficient (Wildman–Crippen LogP) is 5.97. The van der Waals surface area contributed by atoms with Crippen molar-refractivity contribution in [2.75, 3.05) is 0 Å². The minimum absolute atomic E-state index is 0.315. The van der Waals surface area contributed by atoms with Crippen molar-refractivity contribution in [3.63, 3.8) is 0 Å². The Morgan fingerprint density at radius 2 is 1.21 bits per heavy atom. The Kier molecular flexibility index (Phi) is 7.06. The Bertz CT molecular complexity index is 870. The highest BCUT2D eigenvalue weighted by atomic mass is 19.1. The normalized spacial score (nSPS) is 10.5. The predicted molar refractivity (Wildman–Crippen MR) is 105 cm³/mol. The second-order valence-corrected chi connectivity index (χ2v) is 6.41. The second kappa shape index (κ2) is 9.91. The van der Waals surface area contributed by atoms with Crippen LogP contribution in [0, 0.1) is 17.5 Å². The molecule has 0 bridgehead atoms. The van der Waals surface area contributed by atoms with E-state index in [4.69, 9.17) is 14.0 Å². The largest absolute Gasteiger partial charge is 0.864 e. The summed E-state index contributed by atoms with van der Waals surface area (Å²) in [6, 6.07) is 14.9. The van der Waals surface area contributed by atoms with Crippen LogP contribution in [0.2, 0.25) is 0 Å². The van der Waals surface area contributed by atoms with Crippen LogP contribution in [-0.4, -0.2) is 7.32 Å². The summed E-state index contributed by atoms with van der Waals surface area (Å²) in [7, 11) is -1.25. The van der Waals surface area contributed by atoms with Gasteiger partial charge < -0.3 is 14.0 Å². The van der Waals surface area contributed by atoms with Crippen LogP contribution in [-0.2, 0) is 6.42 Å². The molecule has 0 unspecified atom stereocenters. The van der Waals surface area contributed by atoms with E-state index in [1.165, 1.54) is 66.7 Å². The first kappa shape index (κ1) is 20.6. The Balaban J connectivity index is 1.84. The lowest BCUT2D eigenvalue weighted by Crippen LogP contribution is -2.37. The van der Waals surface area contributed by atoms with Gasteiger partial charge in [-0.3, -0.25) is 0 Å². The van der Waals surface area contributed by atoms with Crippen LogP contribution in [0.1, 0.15) is 25.3 Å². The number of benzene rings is 3. The summed E-state index contributed by atoms with van der Waals surface area (Å²) in [6.45, 7) is 2.04. The molecule has 3 rings (SSSR count). The van der Waals surface area contributed by atoms with Crippen LogP contribution in [0.4, 0.5) is 13.2 Å². The van der Waals surface area contributed by atoms with Crippen molar-refractivity contribution in [1.82, 2.24) is 0 Å². The van der Waals surface area contributed by atoms with Crippen molar-refractivity contribution < 1.29 is 27.1 Å². The number of hydrogen-bond acceptors (Lipinski definition) is 3. The maximum absolute atomic E-state index is 13.7. The molecule has 3 aromatic rings. The van der Waals surface area contributed by atoms with E-state index in [2.05, 4.69) is 0 Å². The molecular formula is C22H20BF3O3. The monoisotopic (exact) mass is 400 g/mol. The van der Waals surface area contributed by atoms with Crippen LogP contribution in [0.3, 0.4) is 0 Å². The number of rotatable bonds is 9. The van der Waals surface area contributed by atoms with E-state index in [1.807, 2.05) is 6.92 Å². The molecule has 0 spiro atoms. The maximum atomic E-state index is 13.7. The van der Waals surface area contributed by atoms with E-state index in [0.717, 1.165) is 12.8 Å². The Morgan fingerprint density at radius 3 is 1.72 bits per heavy atom. The number of halogens is 3. The molecule has 0 heterocycles. The van der Waals surface area contributed by atoms with Gasteiger partial charge in [0.2, 0.25) is 0 Å². The molecule has 0 atom stereocenters. The third-order valence-corrected chi connectivity index (χ3v) is 4.14. The first-order valence-electron chi connectivity index (χ1n) is 9.33. The zero-order valence-corrected chi connectivity index (χ0v) is 15.9. The SMILES string of the molecule is CCCCc1cc(F)ccc1OB(Oc1ccc(F)cc1)Oc1ccc(F)cc1. The van der Waals surface area contributed by atoms with Crippen molar-refractivity contribution >= 4 is 7.32 Å². The molecule has 0 N–H and O–H groups in total. The molecule has 0 fully saturated rings. The van der Waals surface area contributed by atoms with Gasteiger partial charge in [-0.2, -0.15) is 0 Å². The highest BCUT2D eigenvalue weighted by Crippen LogP contribution is 2.24. The number of aryl methyl sites for hydroxylation is 1. The van der Waals surface area contributed by atoms with Crippen molar-refractivity contribution in [2.24, 2.45) is 0 Å². The Morgan fingerprint density at radius 1 is 0.690 bits per heavy atom. The van der Waals surface area contributed by atoms with Crippen molar-refractivity contribution in [3.8, 4) is 17.2 Å². The van der Waals surface area contributed by atoms with E-state index in [1.54, 1.807) is 0 Å². The molecule has 0 amide bonds. The summed E-state index contributed by atoms with van der Waals surface area (Å²) in [5.41, 5.74) is 0.683. The lowest BCUT2D eigenvalue weighted by molar-refractivity contribution is 0.305. The van der Waals surface area contributed by atoms with Gasteiger partial charge in [0.15, 0.2) is 0 Å². The van der Waals surface area contributed by atoms with Gasteiger partial charge in [0, 0.05) is 0 Å². The summed E-state index contributed by atoms with van der Waals surface area (Å²) in [6.07, 6.45) is 2.43. The topological polar surface area (TPSA) is 27.7 Å². The van der Waals surface area contributed by atoms with Gasteiger partial charge in [0.25, 0.3) is 0 Å². The average molecular weight is 400 g/mol. The molecular weight excluding hydrogens is 380 g/mol. The van der Waals surface area contributed by atoms with E-state index >= 15 is 0 Å². The quantitative estimate of drug-likeness (QED) is 0.415.